The molecule has 0 heterocycles. The summed E-state index contributed by atoms with van der Waals surface area (Å²) in [6.45, 7) is 6.46. The first kappa shape index (κ1) is 25.8. The highest BCUT2D eigenvalue weighted by Crippen LogP contribution is 2.20. The van der Waals surface area contributed by atoms with E-state index in [1.165, 1.54) is 0 Å². The summed E-state index contributed by atoms with van der Waals surface area (Å²) >= 11 is 0. The second-order valence-corrected chi connectivity index (χ2v) is 8.51. The molecule has 0 bridgehead atoms. The molecule has 0 fully saturated rings. The van der Waals surface area contributed by atoms with Gasteiger partial charge in [0.25, 0.3) is 5.91 Å². The van der Waals surface area contributed by atoms with E-state index in [0.29, 0.717) is 24.5 Å². The summed E-state index contributed by atoms with van der Waals surface area (Å²) in [5.41, 5.74) is 4.09. The first-order chi connectivity index (χ1) is 16.9. The maximum Gasteiger partial charge on any atom is 0.261 e. The zero-order chi connectivity index (χ0) is 25.2. The Labute approximate surface area is 207 Å². The molecule has 0 aromatic heterocycles. The van der Waals surface area contributed by atoms with Gasteiger partial charge in [0.15, 0.2) is 6.61 Å². The number of aryl methyl sites for hydroxylation is 2. The molecule has 3 rings (SSSR count). The van der Waals surface area contributed by atoms with Crippen LogP contribution in [-0.2, 0) is 22.6 Å². The van der Waals surface area contributed by atoms with Crippen LogP contribution in [0.4, 0.5) is 0 Å². The molecule has 3 aromatic rings. The van der Waals surface area contributed by atoms with Crippen molar-refractivity contribution >= 4 is 11.8 Å². The number of carbonyl (C=O) groups is 2. The van der Waals surface area contributed by atoms with Crippen LogP contribution in [0.2, 0.25) is 0 Å². The van der Waals surface area contributed by atoms with Crippen molar-refractivity contribution in [1.29, 1.82) is 0 Å². The summed E-state index contributed by atoms with van der Waals surface area (Å²) in [4.78, 5) is 28.4. The monoisotopic (exact) mass is 474 g/mol. The quantitative estimate of drug-likeness (QED) is 0.445. The number of hydrogen-bond acceptors (Lipinski definition) is 4. The molecule has 0 radical (unpaired) electrons. The topological polar surface area (TPSA) is 67.9 Å². The fourth-order valence-corrected chi connectivity index (χ4v) is 3.85. The number of rotatable bonds is 11. The van der Waals surface area contributed by atoms with E-state index in [2.05, 4.69) is 5.32 Å². The molecule has 6 heteroatoms. The number of amides is 2. The van der Waals surface area contributed by atoms with Crippen LogP contribution >= 0.6 is 0 Å². The molecule has 1 atom stereocenters. The van der Waals surface area contributed by atoms with Crippen LogP contribution in [0, 0.1) is 13.8 Å². The fourth-order valence-electron chi connectivity index (χ4n) is 3.85. The van der Waals surface area contributed by atoms with Crippen molar-refractivity contribution < 1.29 is 19.1 Å². The fraction of sp³-hybridized carbons (Fsp3) is 0.310. The largest absolute Gasteiger partial charge is 0.497 e. The van der Waals surface area contributed by atoms with E-state index >= 15 is 0 Å². The van der Waals surface area contributed by atoms with Crippen LogP contribution in [0.3, 0.4) is 0 Å². The van der Waals surface area contributed by atoms with E-state index in [1.54, 1.807) is 12.0 Å². The molecular formula is C29H34N2O4. The molecule has 6 nitrogen and oxygen atoms in total. The number of likely N-dealkylation sites (N-methyl/N-ethyl adjacent to an activating group) is 1. The average molecular weight is 475 g/mol. The van der Waals surface area contributed by atoms with Gasteiger partial charge in [-0.3, -0.25) is 9.59 Å². The van der Waals surface area contributed by atoms with Gasteiger partial charge in [-0.05, 0) is 67.3 Å². The van der Waals surface area contributed by atoms with E-state index in [9.17, 15) is 9.59 Å². The summed E-state index contributed by atoms with van der Waals surface area (Å²) in [7, 11) is 1.60. The number of hydrogen-bond donors (Lipinski definition) is 1. The maximum atomic E-state index is 13.6. The van der Waals surface area contributed by atoms with Gasteiger partial charge in [0.1, 0.15) is 17.5 Å². The third-order valence-electron chi connectivity index (χ3n) is 5.95. The normalized spacial score (nSPS) is 11.4. The highest BCUT2D eigenvalue weighted by atomic mass is 16.5. The van der Waals surface area contributed by atoms with Gasteiger partial charge in [0.05, 0.1) is 7.11 Å². The van der Waals surface area contributed by atoms with Gasteiger partial charge >= 0.3 is 0 Å². The molecule has 35 heavy (non-hydrogen) atoms. The van der Waals surface area contributed by atoms with Crippen LogP contribution < -0.4 is 14.8 Å². The Kier molecular flexibility index (Phi) is 9.30. The molecule has 0 saturated heterocycles. The standard InChI is InChI=1S/C29H34N2O4/c1-5-30-29(33)27(18-23-10-7-6-8-11-23)31(19-24-12-9-13-25(17-24)34-4)28(32)20-35-26-15-14-21(2)22(3)16-26/h6-17,27H,5,18-20H2,1-4H3,(H,30,33). The summed E-state index contributed by atoms with van der Waals surface area (Å²) in [6.07, 6.45) is 0.395. The summed E-state index contributed by atoms with van der Waals surface area (Å²) in [6, 6.07) is 22.3. The Hall–Kier alpha value is -3.80. The minimum atomic E-state index is -0.695. The number of methoxy groups -OCH3 is 1. The number of benzene rings is 3. The van der Waals surface area contributed by atoms with Crippen LogP contribution in [0.15, 0.2) is 72.8 Å². The summed E-state index contributed by atoms with van der Waals surface area (Å²) in [5, 5.41) is 2.90. The van der Waals surface area contributed by atoms with E-state index in [4.69, 9.17) is 9.47 Å². The number of ether oxygens (including phenoxy) is 2. The Morgan fingerprint density at radius 3 is 2.31 bits per heavy atom. The Bertz CT molecular complexity index is 1130. The molecule has 3 aromatic carbocycles. The zero-order valence-electron chi connectivity index (χ0n) is 20.9. The lowest BCUT2D eigenvalue weighted by molar-refractivity contribution is -0.142. The van der Waals surface area contributed by atoms with Gasteiger partial charge in [-0.2, -0.15) is 0 Å². The Morgan fingerprint density at radius 2 is 1.63 bits per heavy atom. The number of nitrogens with one attached hydrogen (secondary N) is 1. The third kappa shape index (κ3) is 7.34. The predicted molar refractivity (Wildman–Crippen MR) is 138 cm³/mol. The van der Waals surface area contributed by atoms with Crippen molar-refractivity contribution in [1.82, 2.24) is 10.2 Å². The first-order valence-electron chi connectivity index (χ1n) is 11.8. The molecule has 0 saturated carbocycles. The molecule has 0 spiro atoms. The van der Waals surface area contributed by atoms with E-state index in [0.717, 1.165) is 22.3 Å². The molecule has 0 aliphatic carbocycles. The molecular weight excluding hydrogens is 440 g/mol. The van der Waals surface area contributed by atoms with Crippen molar-refractivity contribution in [2.45, 2.75) is 39.8 Å². The molecule has 0 aliphatic heterocycles. The lowest BCUT2D eigenvalue weighted by Crippen LogP contribution is -2.51. The molecule has 1 unspecified atom stereocenters. The van der Waals surface area contributed by atoms with Gasteiger partial charge in [-0.25, -0.2) is 0 Å². The lowest BCUT2D eigenvalue weighted by atomic mass is 10.0. The second-order valence-electron chi connectivity index (χ2n) is 8.51. The molecule has 1 N–H and O–H groups in total. The van der Waals surface area contributed by atoms with E-state index in [1.807, 2.05) is 93.6 Å². The first-order valence-corrected chi connectivity index (χ1v) is 11.8. The van der Waals surface area contributed by atoms with Crippen LogP contribution in [-0.4, -0.2) is 43.0 Å². The van der Waals surface area contributed by atoms with Crippen LogP contribution in [0.25, 0.3) is 0 Å². The maximum absolute atomic E-state index is 13.6. The van der Waals surface area contributed by atoms with Crippen molar-refractivity contribution in [2.75, 3.05) is 20.3 Å². The number of nitrogens with zero attached hydrogens (tertiary/aromatic N) is 1. The minimum Gasteiger partial charge on any atom is -0.497 e. The molecule has 184 valence electrons. The predicted octanol–water partition coefficient (Wildman–Crippen LogP) is 4.47. The van der Waals surface area contributed by atoms with E-state index < -0.39 is 6.04 Å². The zero-order valence-corrected chi connectivity index (χ0v) is 20.9. The van der Waals surface area contributed by atoms with Gasteiger partial charge in [-0.15, -0.1) is 0 Å². The smallest absolute Gasteiger partial charge is 0.261 e. The summed E-state index contributed by atoms with van der Waals surface area (Å²) < 4.78 is 11.2. The Morgan fingerprint density at radius 1 is 0.886 bits per heavy atom. The highest BCUT2D eigenvalue weighted by Gasteiger charge is 2.30. The van der Waals surface area contributed by atoms with Gasteiger partial charge < -0.3 is 19.7 Å². The Balaban J connectivity index is 1.90. The number of carbonyl (C=O) groups excluding carboxylic acids is 2. The van der Waals surface area contributed by atoms with Gasteiger partial charge in [-0.1, -0.05) is 48.5 Å². The van der Waals surface area contributed by atoms with Crippen molar-refractivity contribution in [2.24, 2.45) is 0 Å². The summed E-state index contributed by atoms with van der Waals surface area (Å²) in [5.74, 6) is 0.858. The SMILES string of the molecule is CCNC(=O)C(Cc1ccccc1)N(Cc1cccc(OC)c1)C(=O)COc1ccc(C)c(C)c1. The van der Waals surface area contributed by atoms with Crippen LogP contribution in [0.1, 0.15) is 29.2 Å². The molecule has 2 amide bonds. The van der Waals surface area contributed by atoms with Crippen molar-refractivity contribution in [3.63, 3.8) is 0 Å². The van der Waals surface area contributed by atoms with Crippen molar-refractivity contribution in [3.05, 3.63) is 95.1 Å². The third-order valence-corrected chi connectivity index (χ3v) is 5.95. The van der Waals surface area contributed by atoms with Crippen molar-refractivity contribution in [3.8, 4) is 11.5 Å². The minimum absolute atomic E-state index is 0.169. The molecule has 0 aliphatic rings. The van der Waals surface area contributed by atoms with Gasteiger partial charge in [0, 0.05) is 19.5 Å². The second kappa shape index (κ2) is 12.6. The van der Waals surface area contributed by atoms with Crippen LogP contribution in [0.5, 0.6) is 11.5 Å². The highest BCUT2D eigenvalue weighted by molar-refractivity contribution is 5.88. The lowest BCUT2D eigenvalue weighted by Gasteiger charge is -2.31. The average Bonchev–Trinajstić information content (AvgIpc) is 2.87. The van der Waals surface area contributed by atoms with Gasteiger partial charge in [0.2, 0.25) is 5.91 Å². The van der Waals surface area contributed by atoms with E-state index in [-0.39, 0.29) is 25.0 Å².